The first-order valence-corrected chi connectivity index (χ1v) is 8.78. The molecule has 1 atom stereocenters. The second-order valence-electron chi connectivity index (χ2n) is 6.37. The van der Waals surface area contributed by atoms with E-state index in [0.717, 1.165) is 22.2 Å². The average molecular weight is 375 g/mol. The van der Waals surface area contributed by atoms with Crippen molar-refractivity contribution in [1.82, 2.24) is 10.3 Å². The number of rotatable bonds is 4. The summed E-state index contributed by atoms with van der Waals surface area (Å²) in [5.41, 5.74) is 8.06. The van der Waals surface area contributed by atoms with E-state index in [-0.39, 0.29) is 0 Å². The van der Waals surface area contributed by atoms with Crippen molar-refractivity contribution < 1.29 is 9.47 Å². The summed E-state index contributed by atoms with van der Waals surface area (Å²) in [6, 6.07) is 15.4. The number of nitrogens with zero attached hydrogens (tertiary/aromatic N) is 2. The van der Waals surface area contributed by atoms with Crippen molar-refractivity contribution in [3.8, 4) is 11.5 Å². The fourth-order valence-corrected chi connectivity index (χ4v) is 3.07. The van der Waals surface area contributed by atoms with Crippen LogP contribution < -0.4 is 25.8 Å². The van der Waals surface area contributed by atoms with Gasteiger partial charge in [-0.05, 0) is 30.3 Å². The first kappa shape index (κ1) is 17.8. The molecule has 7 nitrogen and oxygen atoms in total. The normalized spacial score (nSPS) is 18.3. The molecule has 0 amide bonds. The Morgan fingerprint density at radius 1 is 1.04 bits per heavy atom. The monoisotopic (exact) mass is 375 g/mol. The molecule has 2 aromatic carbocycles. The minimum Gasteiger partial charge on any atom is -0.493 e. The van der Waals surface area contributed by atoms with Crippen LogP contribution in [0.15, 0.2) is 72.0 Å². The molecule has 142 valence electrons. The number of hydrogen-bond donors (Lipinski definition) is 3. The number of pyridine rings is 1. The summed E-state index contributed by atoms with van der Waals surface area (Å²) in [5, 5.41) is 7.32. The van der Waals surface area contributed by atoms with Crippen LogP contribution in [0, 0.1) is 0 Å². The summed E-state index contributed by atoms with van der Waals surface area (Å²) >= 11 is 0. The highest BCUT2D eigenvalue weighted by Crippen LogP contribution is 2.30. The Bertz CT molecular complexity index is 1080. The smallest absolute Gasteiger partial charge is 0.202 e. The number of methoxy groups -OCH3 is 2. The van der Waals surface area contributed by atoms with Gasteiger partial charge in [-0.2, -0.15) is 0 Å². The van der Waals surface area contributed by atoms with Crippen LogP contribution >= 0.6 is 0 Å². The molecular weight excluding hydrogens is 354 g/mol. The van der Waals surface area contributed by atoms with Crippen molar-refractivity contribution in [2.75, 3.05) is 19.5 Å². The van der Waals surface area contributed by atoms with Crippen LogP contribution in [0.2, 0.25) is 0 Å². The number of aliphatic imine (C=N–C) groups is 1. The summed E-state index contributed by atoms with van der Waals surface area (Å²) in [4.78, 5) is 9.16. The van der Waals surface area contributed by atoms with Crippen LogP contribution in [0.3, 0.4) is 0 Å². The fourth-order valence-electron chi connectivity index (χ4n) is 3.07. The molecule has 0 fully saturated rings. The zero-order valence-corrected chi connectivity index (χ0v) is 15.6. The first-order valence-electron chi connectivity index (χ1n) is 8.78. The van der Waals surface area contributed by atoms with Gasteiger partial charge in [-0.1, -0.05) is 18.2 Å². The first-order chi connectivity index (χ1) is 13.6. The number of nitrogens with one attached hydrogen (secondary N) is 2. The molecule has 3 aromatic rings. The van der Waals surface area contributed by atoms with Gasteiger partial charge in [-0.15, -0.1) is 0 Å². The fraction of sp³-hybridized carbons (Fsp3) is 0.143. The van der Waals surface area contributed by atoms with E-state index in [0.29, 0.717) is 17.5 Å². The van der Waals surface area contributed by atoms with E-state index in [2.05, 4.69) is 20.6 Å². The summed E-state index contributed by atoms with van der Waals surface area (Å²) in [6.07, 6.45) is 5.33. The maximum Gasteiger partial charge on any atom is 0.202 e. The second-order valence-corrected chi connectivity index (χ2v) is 6.37. The number of ether oxygens (including phenoxy) is 2. The number of hydrogen-bond acceptors (Lipinski definition) is 7. The predicted molar refractivity (Wildman–Crippen MR) is 110 cm³/mol. The summed E-state index contributed by atoms with van der Waals surface area (Å²) in [5.74, 6) is 1.80. The molecule has 4 rings (SSSR count). The molecule has 0 aliphatic carbocycles. The minimum atomic E-state index is -1.03. The van der Waals surface area contributed by atoms with Gasteiger partial charge in [-0.25, -0.2) is 4.99 Å². The van der Waals surface area contributed by atoms with Gasteiger partial charge < -0.3 is 20.1 Å². The van der Waals surface area contributed by atoms with E-state index >= 15 is 0 Å². The van der Waals surface area contributed by atoms with Crippen molar-refractivity contribution in [2.24, 2.45) is 10.7 Å². The van der Waals surface area contributed by atoms with E-state index < -0.39 is 5.66 Å². The molecule has 4 N–H and O–H groups in total. The van der Waals surface area contributed by atoms with E-state index in [4.69, 9.17) is 15.2 Å². The highest BCUT2D eigenvalue weighted by molar-refractivity contribution is 5.95. The van der Waals surface area contributed by atoms with Gasteiger partial charge in [0.05, 0.1) is 19.7 Å². The van der Waals surface area contributed by atoms with Crippen LogP contribution in [0.4, 0.5) is 5.69 Å². The van der Waals surface area contributed by atoms with Crippen molar-refractivity contribution in [2.45, 2.75) is 5.66 Å². The maximum absolute atomic E-state index is 6.58. The number of nitrogens with two attached hydrogens (primary N) is 1. The van der Waals surface area contributed by atoms with Crippen LogP contribution in [-0.2, 0) is 5.66 Å². The van der Waals surface area contributed by atoms with E-state index in [1.54, 1.807) is 32.7 Å². The Balaban J connectivity index is 1.64. The Hall–Kier alpha value is -3.58. The highest BCUT2D eigenvalue weighted by Gasteiger charge is 2.27. The zero-order chi connectivity index (χ0) is 19.6. The molecule has 0 saturated carbocycles. The van der Waals surface area contributed by atoms with Gasteiger partial charge in [0.2, 0.25) is 5.96 Å². The molecule has 1 aliphatic heterocycles. The lowest BCUT2D eigenvalue weighted by atomic mass is 10.0. The molecule has 2 heterocycles. The lowest BCUT2D eigenvalue weighted by Gasteiger charge is -2.27. The molecule has 28 heavy (non-hydrogen) atoms. The molecule has 0 radical (unpaired) electrons. The minimum absolute atomic E-state index is 0.519. The zero-order valence-electron chi connectivity index (χ0n) is 15.6. The second kappa shape index (κ2) is 7.21. The summed E-state index contributed by atoms with van der Waals surface area (Å²) < 4.78 is 10.6. The standard InChI is InChI=1S/C21H21N5O2/c1-27-18-8-7-16(12-19(18)28-2)25-20-23-10-9-21(22,26-20)15-11-14-5-3-4-6-17(14)24-13-15/h3-13H,22H2,1-2H3,(H2,23,25,26). The van der Waals surface area contributed by atoms with E-state index in [9.17, 15) is 0 Å². The lowest BCUT2D eigenvalue weighted by molar-refractivity contribution is 0.355. The van der Waals surface area contributed by atoms with Gasteiger partial charge in [0.15, 0.2) is 17.2 Å². The van der Waals surface area contributed by atoms with Crippen molar-refractivity contribution in [1.29, 1.82) is 0 Å². The SMILES string of the molecule is COc1ccc(NC2=NC(N)(c3cnc4ccccc4c3)C=CN2)cc1OC. The molecule has 1 aromatic heterocycles. The van der Waals surface area contributed by atoms with Crippen molar-refractivity contribution in [3.63, 3.8) is 0 Å². The van der Waals surface area contributed by atoms with Gasteiger partial charge in [0.25, 0.3) is 0 Å². The summed E-state index contributed by atoms with van der Waals surface area (Å²) in [6.45, 7) is 0. The predicted octanol–water partition coefficient (Wildman–Crippen LogP) is 2.95. The van der Waals surface area contributed by atoms with Crippen LogP contribution in [0.1, 0.15) is 5.56 Å². The van der Waals surface area contributed by atoms with Gasteiger partial charge in [0.1, 0.15) is 0 Å². The molecule has 1 aliphatic rings. The van der Waals surface area contributed by atoms with Crippen LogP contribution in [0.25, 0.3) is 10.9 Å². The number of benzene rings is 2. The quantitative estimate of drug-likeness (QED) is 0.649. The topological polar surface area (TPSA) is 93.8 Å². The lowest BCUT2D eigenvalue weighted by Crippen LogP contribution is -2.41. The third-order valence-electron chi connectivity index (χ3n) is 4.55. The van der Waals surface area contributed by atoms with Crippen molar-refractivity contribution >= 4 is 22.5 Å². The van der Waals surface area contributed by atoms with Gasteiger partial charge in [-0.3, -0.25) is 10.7 Å². The Morgan fingerprint density at radius 2 is 1.86 bits per heavy atom. The van der Waals surface area contributed by atoms with Crippen molar-refractivity contribution in [3.05, 3.63) is 72.6 Å². The Morgan fingerprint density at radius 3 is 2.68 bits per heavy atom. The summed E-state index contributed by atoms with van der Waals surface area (Å²) in [7, 11) is 3.20. The molecule has 0 spiro atoms. The van der Waals surface area contributed by atoms with E-state index in [1.165, 1.54) is 0 Å². The molecule has 0 saturated heterocycles. The van der Waals surface area contributed by atoms with Gasteiger partial charge >= 0.3 is 0 Å². The van der Waals surface area contributed by atoms with E-state index in [1.807, 2.05) is 48.5 Å². The molecule has 1 unspecified atom stereocenters. The Labute approximate surface area is 162 Å². The largest absolute Gasteiger partial charge is 0.493 e. The average Bonchev–Trinajstić information content (AvgIpc) is 2.73. The number of aromatic nitrogens is 1. The maximum atomic E-state index is 6.58. The number of guanidine groups is 1. The van der Waals surface area contributed by atoms with Crippen LogP contribution in [-0.4, -0.2) is 25.2 Å². The molecule has 0 bridgehead atoms. The number of anilines is 1. The third-order valence-corrected chi connectivity index (χ3v) is 4.55. The molecular formula is C21H21N5O2. The molecule has 7 heteroatoms. The van der Waals surface area contributed by atoms with Crippen LogP contribution in [0.5, 0.6) is 11.5 Å². The Kier molecular flexibility index (Phi) is 4.58. The van der Waals surface area contributed by atoms with Gasteiger partial charge in [0, 0.05) is 35.1 Å². The number of para-hydroxylation sites is 1. The third kappa shape index (κ3) is 3.35. The highest BCUT2D eigenvalue weighted by atomic mass is 16.5. The number of fused-ring (bicyclic) bond motifs is 1.